The number of anilines is 1. The molecule has 4 nitrogen and oxygen atoms in total. The molecule has 1 fully saturated rings. The average Bonchev–Trinajstić information content (AvgIpc) is 2.55. The minimum atomic E-state index is 0.0506. The van der Waals surface area contributed by atoms with E-state index in [4.69, 9.17) is 4.74 Å². The monoisotopic (exact) mass is 325 g/mol. The van der Waals surface area contributed by atoms with Gasteiger partial charge in [0.25, 0.3) is 5.91 Å². The summed E-state index contributed by atoms with van der Waals surface area (Å²) in [6.07, 6.45) is 0.404. The number of amides is 1. The van der Waals surface area contributed by atoms with Gasteiger partial charge in [-0.1, -0.05) is 48.5 Å². The van der Waals surface area contributed by atoms with Crippen molar-refractivity contribution in [2.45, 2.75) is 26.1 Å². The SMILES string of the molecule is C[C@@H]1C[NH+](CC(=O)Nc2ccccc2-c2ccccc2)C[C@@H](C)O1. The molecule has 126 valence electrons. The summed E-state index contributed by atoms with van der Waals surface area (Å²) >= 11 is 0. The highest BCUT2D eigenvalue weighted by Crippen LogP contribution is 2.27. The first kappa shape index (κ1) is 16.7. The van der Waals surface area contributed by atoms with Gasteiger partial charge in [-0.25, -0.2) is 0 Å². The van der Waals surface area contributed by atoms with Gasteiger partial charge in [-0.3, -0.25) is 4.79 Å². The maximum Gasteiger partial charge on any atom is 0.279 e. The summed E-state index contributed by atoms with van der Waals surface area (Å²) in [5.74, 6) is 0.0506. The van der Waals surface area contributed by atoms with Crippen LogP contribution >= 0.6 is 0 Å². The molecule has 0 aromatic heterocycles. The number of para-hydroxylation sites is 1. The van der Waals surface area contributed by atoms with Gasteiger partial charge in [0.05, 0.1) is 0 Å². The van der Waals surface area contributed by atoms with Gasteiger partial charge in [-0.05, 0) is 25.5 Å². The van der Waals surface area contributed by atoms with Crippen molar-refractivity contribution in [2.24, 2.45) is 0 Å². The van der Waals surface area contributed by atoms with E-state index in [1.54, 1.807) is 0 Å². The minimum Gasteiger partial charge on any atom is -0.364 e. The van der Waals surface area contributed by atoms with Crippen LogP contribution in [0.15, 0.2) is 54.6 Å². The van der Waals surface area contributed by atoms with Gasteiger partial charge in [-0.15, -0.1) is 0 Å². The molecule has 0 radical (unpaired) electrons. The van der Waals surface area contributed by atoms with Crippen LogP contribution in [0.25, 0.3) is 11.1 Å². The summed E-state index contributed by atoms with van der Waals surface area (Å²) in [4.78, 5) is 13.8. The molecule has 2 N–H and O–H groups in total. The quantitative estimate of drug-likeness (QED) is 0.903. The Kier molecular flexibility index (Phi) is 5.28. The number of morpholine rings is 1. The summed E-state index contributed by atoms with van der Waals surface area (Å²) in [6.45, 7) is 6.36. The van der Waals surface area contributed by atoms with Gasteiger partial charge >= 0.3 is 0 Å². The zero-order valence-corrected chi connectivity index (χ0v) is 14.3. The lowest BCUT2D eigenvalue weighted by Crippen LogP contribution is -3.16. The van der Waals surface area contributed by atoms with Crippen molar-refractivity contribution < 1.29 is 14.4 Å². The number of ether oxygens (including phenoxy) is 1. The number of nitrogens with one attached hydrogen (secondary N) is 2. The molecule has 2 aromatic carbocycles. The van der Waals surface area contributed by atoms with Gasteiger partial charge in [0.1, 0.15) is 25.3 Å². The fraction of sp³-hybridized carbons (Fsp3) is 0.350. The van der Waals surface area contributed by atoms with Crippen LogP contribution < -0.4 is 10.2 Å². The van der Waals surface area contributed by atoms with E-state index in [1.165, 1.54) is 4.90 Å². The highest BCUT2D eigenvalue weighted by atomic mass is 16.5. The van der Waals surface area contributed by atoms with Gasteiger partial charge in [-0.2, -0.15) is 0 Å². The van der Waals surface area contributed by atoms with Crippen LogP contribution in [0.1, 0.15) is 13.8 Å². The maximum atomic E-state index is 12.5. The molecule has 0 spiro atoms. The van der Waals surface area contributed by atoms with Crippen molar-refractivity contribution in [3.63, 3.8) is 0 Å². The van der Waals surface area contributed by atoms with Gasteiger partial charge in [0, 0.05) is 11.3 Å². The Hall–Kier alpha value is -2.17. The molecule has 1 amide bonds. The lowest BCUT2D eigenvalue weighted by molar-refractivity contribution is -0.907. The Balaban J connectivity index is 1.69. The molecule has 0 saturated carbocycles. The van der Waals surface area contributed by atoms with E-state index in [0.717, 1.165) is 29.9 Å². The van der Waals surface area contributed by atoms with E-state index in [1.807, 2.05) is 42.5 Å². The van der Waals surface area contributed by atoms with Crippen molar-refractivity contribution in [2.75, 3.05) is 25.0 Å². The van der Waals surface area contributed by atoms with Crippen molar-refractivity contribution in [1.29, 1.82) is 0 Å². The molecule has 4 heteroatoms. The molecule has 1 aliphatic rings. The van der Waals surface area contributed by atoms with Crippen molar-refractivity contribution in [3.8, 4) is 11.1 Å². The number of rotatable bonds is 4. The van der Waals surface area contributed by atoms with Crippen LogP contribution in [0, 0.1) is 0 Å². The third-order valence-electron chi connectivity index (χ3n) is 4.31. The van der Waals surface area contributed by atoms with E-state index in [0.29, 0.717) is 6.54 Å². The van der Waals surface area contributed by atoms with Crippen LogP contribution in [0.4, 0.5) is 5.69 Å². The van der Waals surface area contributed by atoms with E-state index < -0.39 is 0 Å². The number of quaternary nitrogens is 1. The first-order valence-corrected chi connectivity index (χ1v) is 8.55. The lowest BCUT2D eigenvalue weighted by Gasteiger charge is -2.32. The second kappa shape index (κ2) is 7.60. The molecule has 1 saturated heterocycles. The molecule has 2 atom stereocenters. The predicted octanol–water partition coefficient (Wildman–Crippen LogP) is 1.98. The summed E-state index contributed by atoms with van der Waals surface area (Å²) in [5, 5.41) is 3.09. The first-order chi connectivity index (χ1) is 11.6. The van der Waals surface area contributed by atoms with Crippen LogP contribution in [0.2, 0.25) is 0 Å². The fourth-order valence-corrected chi connectivity index (χ4v) is 3.42. The Morgan fingerprint density at radius 3 is 2.38 bits per heavy atom. The smallest absolute Gasteiger partial charge is 0.279 e. The number of hydrogen-bond donors (Lipinski definition) is 2. The highest BCUT2D eigenvalue weighted by molar-refractivity contribution is 5.96. The van der Waals surface area contributed by atoms with Gasteiger partial charge in [0.15, 0.2) is 6.54 Å². The molecular formula is C20H25N2O2+. The standard InChI is InChI=1S/C20H24N2O2/c1-15-12-22(13-16(2)24-15)14-20(23)21-19-11-7-6-10-18(19)17-8-4-3-5-9-17/h3-11,15-16H,12-14H2,1-2H3,(H,21,23)/p+1/t15-,16-/m1/s1. The summed E-state index contributed by atoms with van der Waals surface area (Å²) in [5.41, 5.74) is 3.02. The van der Waals surface area contributed by atoms with Crippen LogP contribution in [0.5, 0.6) is 0 Å². The fourth-order valence-electron chi connectivity index (χ4n) is 3.42. The van der Waals surface area contributed by atoms with E-state index in [9.17, 15) is 4.79 Å². The zero-order valence-electron chi connectivity index (χ0n) is 14.3. The number of benzene rings is 2. The first-order valence-electron chi connectivity index (χ1n) is 8.55. The largest absolute Gasteiger partial charge is 0.364 e. The van der Waals surface area contributed by atoms with Crippen molar-refractivity contribution in [3.05, 3.63) is 54.6 Å². The second-order valence-corrected chi connectivity index (χ2v) is 6.55. The van der Waals surface area contributed by atoms with Gasteiger partial charge < -0.3 is 15.0 Å². The molecule has 0 unspecified atom stereocenters. The third kappa shape index (κ3) is 4.22. The molecular weight excluding hydrogens is 300 g/mol. The van der Waals surface area contributed by atoms with Crippen LogP contribution in [-0.4, -0.2) is 37.7 Å². The third-order valence-corrected chi connectivity index (χ3v) is 4.31. The topological polar surface area (TPSA) is 42.8 Å². The summed E-state index contributed by atoms with van der Waals surface area (Å²) < 4.78 is 5.74. The summed E-state index contributed by atoms with van der Waals surface area (Å²) in [6, 6.07) is 18.1. The Morgan fingerprint density at radius 2 is 1.67 bits per heavy atom. The molecule has 3 rings (SSSR count). The Labute approximate surface area is 143 Å². The zero-order chi connectivity index (χ0) is 16.9. The van der Waals surface area contributed by atoms with Crippen LogP contribution in [0.3, 0.4) is 0 Å². The van der Waals surface area contributed by atoms with E-state index >= 15 is 0 Å². The van der Waals surface area contributed by atoms with Gasteiger partial charge in [0.2, 0.25) is 0 Å². The molecule has 0 aliphatic carbocycles. The molecule has 2 aromatic rings. The van der Waals surface area contributed by atoms with Crippen LogP contribution in [-0.2, 0) is 9.53 Å². The van der Waals surface area contributed by atoms with Crippen molar-refractivity contribution >= 4 is 11.6 Å². The predicted molar refractivity (Wildman–Crippen MR) is 96.1 cm³/mol. The molecule has 24 heavy (non-hydrogen) atoms. The Morgan fingerprint density at radius 1 is 1.04 bits per heavy atom. The molecule has 1 aliphatic heterocycles. The maximum absolute atomic E-state index is 12.5. The minimum absolute atomic E-state index is 0.0506. The lowest BCUT2D eigenvalue weighted by atomic mass is 10.0. The highest BCUT2D eigenvalue weighted by Gasteiger charge is 2.27. The average molecular weight is 325 g/mol. The summed E-state index contributed by atoms with van der Waals surface area (Å²) in [7, 11) is 0. The second-order valence-electron chi connectivity index (χ2n) is 6.55. The van der Waals surface area contributed by atoms with E-state index in [2.05, 4.69) is 31.3 Å². The number of carbonyl (C=O) groups excluding carboxylic acids is 1. The number of carbonyl (C=O) groups is 1. The Bertz CT molecular complexity index is 677. The molecule has 1 heterocycles. The van der Waals surface area contributed by atoms with Crippen molar-refractivity contribution in [1.82, 2.24) is 0 Å². The normalized spacial score (nSPS) is 23.7. The van der Waals surface area contributed by atoms with E-state index in [-0.39, 0.29) is 18.1 Å². The molecule has 0 bridgehead atoms. The number of hydrogen-bond acceptors (Lipinski definition) is 2.